The standard InChI is InChI=1S/C15H20IN5/c1-3-8-17-15-12(16)13(10-5-6-10)19-14(20-15)11-7-9-18-21(11)4-2/h7,9-10H,3-6,8H2,1-2H3,(H,17,19,20). The van der Waals surface area contributed by atoms with Crippen LogP contribution in [0, 0.1) is 3.57 Å². The van der Waals surface area contributed by atoms with Gasteiger partial charge in [0.15, 0.2) is 5.82 Å². The van der Waals surface area contributed by atoms with Crippen molar-refractivity contribution in [2.45, 2.75) is 45.6 Å². The van der Waals surface area contributed by atoms with Gasteiger partial charge >= 0.3 is 0 Å². The summed E-state index contributed by atoms with van der Waals surface area (Å²) in [6.45, 7) is 6.01. The molecule has 0 aliphatic heterocycles. The fraction of sp³-hybridized carbons (Fsp3) is 0.533. The fourth-order valence-electron chi connectivity index (χ4n) is 2.34. The molecule has 0 amide bonds. The van der Waals surface area contributed by atoms with E-state index in [0.717, 1.165) is 36.8 Å². The van der Waals surface area contributed by atoms with E-state index in [1.165, 1.54) is 22.1 Å². The monoisotopic (exact) mass is 397 g/mol. The van der Waals surface area contributed by atoms with Gasteiger partial charge in [0, 0.05) is 25.2 Å². The lowest BCUT2D eigenvalue weighted by Crippen LogP contribution is -2.10. The smallest absolute Gasteiger partial charge is 0.180 e. The van der Waals surface area contributed by atoms with Crippen LogP contribution in [0.1, 0.15) is 44.7 Å². The molecule has 1 fully saturated rings. The summed E-state index contributed by atoms with van der Waals surface area (Å²) >= 11 is 2.38. The molecule has 0 spiro atoms. The molecular formula is C15H20IN5. The van der Waals surface area contributed by atoms with Gasteiger partial charge in [-0.25, -0.2) is 9.97 Å². The van der Waals surface area contributed by atoms with E-state index in [4.69, 9.17) is 9.97 Å². The molecule has 0 atom stereocenters. The number of halogens is 1. The van der Waals surface area contributed by atoms with E-state index in [2.05, 4.69) is 46.9 Å². The van der Waals surface area contributed by atoms with Crippen molar-refractivity contribution in [2.75, 3.05) is 11.9 Å². The van der Waals surface area contributed by atoms with Crippen LogP contribution in [0.4, 0.5) is 5.82 Å². The van der Waals surface area contributed by atoms with Gasteiger partial charge in [-0.3, -0.25) is 4.68 Å². The van der Waals surface area contributed by atoms with Crippen LogP contribution in [0.2, 0.25) is 0 Å². The molecule has 1 N–H and O–H groups in total. The van der Waals surface area contributed by atoms with Gasteiger partial charge in [0.2, 0.25) is 0 Å². The molecule has 0 bridgehead atoms. The molecule has 0 aromatic carbocycles. The van der Waals surface area contributed by atoms with Crippen molar-refractivity contribution in [1.82, 2.24) is 19.7 Å². The summed E-state index contributed by atoms with van der Waals surface area (Å²) in [7, 11) is 0. The Balaban J connectivity index is 2.05. The minimum Gasteiger partial charge on any atom is -0.369 e. The first-order chi connectivity index (χ1) is 10.2. The molecule has 5 nitrogen and oxygen atoms in total. The summed E-state index contributed by atoms with van der Waals surface area (Å²) < 4.78 is 3.12. The van der Waals surface area contributed by atoms with Gasteiger partial charge in [-0.1, -0.05) is 6.92 Å². The van der Waals surface area contributed by atoms with Crippen LogP contribution >= 0.6 is 22.6 Å². The summed E-state index contributed by atoms with van der Waals surface area (Å²) in [6, 6.07) is 1.99. The Bertz CT molecular complexity index is 633. The highest BCUT2D eigenvalue weighted by Crippen LogP contribution is 2.42. The highest BCUT2D eigenvalue weighted by molar-refractivity contribution is 14.1. The first kappa shape index (κ1) is 14.7. The van der Waals surface area contributed by atoms with E-state index in [0.29, 0.717) is 5.92 Å². The summed E-state index contributed by atoms with van der Waals surface area (Å²) in [5.74, 6) is 2.36. The number of nitrogens with one attached hydrogen (secondary N) is 1. The van der Waals surface area contributed by atoms with E-state index in [1.54, 1.807) is 0 Å². The maximum atomic E-state index is 4.83. The molecule has 1 saturated carbocycles. The number of hydrogen-bond donors (Lipinski definition) is 1. The van der Waals surface area contributed by atoms with Gasteiger partial charge in [0.1, 0.15) is 11.5 Å². The third-order valence-electron chi connectivity index (χ3n) is 3.63. The molecule has 0 unspecified atom stereocenters. The zero-order chi connectivity index (χ0) is 14.8. The van der Waals surface area contributed by atoms with Gasteiger partial charge in [-0.15, -0.1) is 0 Å². The number of nitrogens with zero attached hydrogens (tertiary/aromatic N) is 4. The average Bonchev–Trinajstić information content (AvgIpc) is 3.23. The Morgan fingerprint density at radius 1 is 1.33 bits per heavy atom. The van der Waals surface area contributed by atoms with E-state index >= 15 is 0 Å². The highest BCUT2D eigenvalue weighted by Gasteiger charge is 2.29. The first-order valence-corrected chi connectivity index (χ1v) is 8.66. The molecular weight excluding hydrogens is 377 g/mol. The van der Waals surface area contributed by atoms with Crippen LogP contribution < -0.4 is 5.32 Å². The summed E-state index contributed by atoms with van der Waals surface area (Å²) in [4.78, 5) is 9.58. The minimum atomic E-state index is 0.610. The van der Waals surface area contributed by atoms with E-state index < -0.39 is 0 Å². The predicted octanol–water partition coefficient (Wildman–Crippen LogP) is 3.66. The topological polar surface area (TPSA) is 55.6 Å². The molecule has 1 aliphatic rings. The quantitative estimate of drug-likeness (QED) is 0.756. The van der Waals surface area contributed by atoms with Crippen LogP contribution in [0.15, 0.2) is 12.3 Å². The number of hydrogen-bond acceptors (Lipinski definition) is 4. The Morgan fingerprint density at radius 2 is 2.14 bits per heavy atom. The molecule has 0 radical (unpaired) electrons. The van der Waals surface area contributed by atoms with Crippen molar-refractivity contribution >= 4 is 28.4 Å². The molecule has 2 aromatic heterocycles. The van der Waals surface area contributed by atoms with Crippen molar-refractivity contribution in [3.63, 3.8) is 0 Å². The second kappa shape index (κ2) is 6.29. The lowest BCUT2D eigenvalue weighted by Gasteiger charge is -2.13. The van der Waals surface area contributed by atoms with Crippen molar-refractivity contribution in [2.24, 2.45) is 0 Å². The van der Waals surface area contributed by atoms with E-state index in [9.17, 15) is 0 Å². The minimum absolute atomic E-state index is 0.610. The highest BCUT2D eigenvalue weighted by atomic mass is 127. The first-order valence-electron chi connectivity index (χ1n) is 7.58. The van der Waals surface area contributed by atoms with Crippen LogP contribution in [0.5, 0.6) is 0 Å². The number of aromatic nitrogens is 4. The maximum Gasteiger partial charge on any atom is 0.180 e. The molecule has 21 heavy (non-hydrogen) atoms. The van der Waals surface area contributed by atoms with E-state index in [1.807, 2.05) is 16.9 Å². The molecule has 112 valence electrons. The van der Waals surface area contributed by atoms with Crippen LogP contribution in [-0.2, 0) is 6.54 Å². The van der Waals surface area contributed by atoms with Gasteiger partial charge in [0.25, 0.3) is 0 Å². The molecule has 2 aromatic rings. The Morgan fingerprint density at radius 3 is 2.81 bits per heavy atom. The largest absolute Gasteiger partial charge is 0.369 e. The molecule has 3 rings (SSSR count). The van der Waals surface area contributed by atoms with Crippen molar-refractivity contribution in [3.8, 4) is 11.5 Å². The lowest BCUT2D eigenvalue weighted by atomic mass is 10.2. The zero-order valence-corrected chi connectivity index (χ0v) is 14.6. The van der Waals surface area contributed by atoms with E-state index in [-0.39, 0.29) is 0 Å². The Hall–Kier alpha value is -1.18. The Labute approximate surface area is 138 Å². The number of aryl methyl sites for hydroxylation is 1. The van der Waals surface area contributed by atoms with Crippen LogP contribution in [0.25, 0.3) is 11.5 Å². The van der Waals surface area contributed by atoms with Crippen molar-refractivity contribution in [1.29, 1.82) is 0 Å². The van der Waals surface area contributed by atoms with Crippen LogP contribution in [-0.4, -0.2) is 26.3 Å². The van der Waals surface area contributed by atoms with Gasteiger partial charge in [0.05, 0.1) is 9.26 Å². The predicted molar refractivity (Wildman–Crippen MR) is 92.4 cm³/mol. The average molecular weight is 397 g/mol. The lowest BCUT2D eigenvalue weighted by molar-refractivity contribution is 0.663. The molecule has 1 aliphatic carbocycles. The second-order valence-electron chi connectivity index (χ2n) is 5.33. The zero-order valence-electron chi connectivity index (χ0n) is 12.4. The van der Waals surface area contributed by atoms with Gasteiger partial charge in [-0.2, -0.15) is 5.10 Å². The number of rotatable bonds is 6. The van der Waals surface area contributed by atoms with Crippen LogP contribution in [0.3, 0.4) is 0 Å². The number of anilines is 1. The molecule has 6 heteroatoms. The van der Waals surface area contributed by atoms with Crippen molar-refractivity contribution in [3.05, 3.63) is 21.5 Å². The summed E-state index contributed by atoms with van der Waals surface area (Å²) in [5.41, 5.74) is 2.19. The van der Waals surface area contributed by atoms with Crippen molar-refractivity contribution < 1.29 is 0 Å². The summed E-state index contributed by atoms with van der Waals surface area (Å²) in [6.07, 6.45) is 5.39. The van der Waals surface area contributed by atoms with Gasteiger partial charge < -0.3 is 5.32 Å². The fourth-order valence-corrected chi connectivity index (χ4v) is 3.21. The third kappa shape index (κ3) is 3.04. The Kier molecular flexibility index (Phi) is 4.42. The molecule has 0 saturated heterocycles. The SMILES string of the molecule is CCCNc1nc(-c2ccnn2CC)nc(C2CC2)c1I. The molecule has 2 heterocycles. The maximum absolute atomic E-state index is 4.83. The second-order valence-corrected chi connectivity index (χ2v) is 6.41. The van der Waals surface area contributed by atoms with Gasteiger partial charge in [-0.05, 0) is 54.8 Å². The summed E-state index contributed by atoms with van der Waals surface area (Å²) in [5, 5.41) is 7.77. The third-order valence-corrected chi connectivity index (χ3v) is 4.69. The normalized spacial score (nSPS) is 14.4.